The molecule has 2 aromatic carbocycles. The third-order valence-electron chi connectivity index (χ3n) is 3.77. The Morgan fingerprint density at radius 3 is 2.23 bits per heavy atom. The van der Waals surface area contributed by atoms with Gasteiger partial charge in [-0.1, -0.05) is 48.0 Å². The molecule has 0 fully saturated rings. The Hall–Kier alpha value is -1.62. The van der Waals surface area contributed by atoms with Crippen LogP contribution in [-0.2, 0) is 10.0 Å². The second-order valence-corrected chi connectivity index (χ2v) is 7.54. The van der Waals surface area contributed by atoms with Crippen LogP contribution in [0.15, 0.2) is 65.6 Å². The first-order valence-corrected chi connectivity index (χ1v) is 8.89. The van der Waals surface area contributed by atoms with Crippen LogP contribution in [-0.4, -0.2) is 25.8 Å². The highest BCUT2D eigenvalue weighted by atomic mass is 35.5. The Morgan fingerprint density at radius 1 is 0.955 bits per heavy atom. The molecule has 1 aliphatic heterocycles. The van der Waals surface area contributed by atoms with E-state index in [0.29, 0.717) is 29.4 Å². The van der Waals surface area contributed by atoms with Gasteiger partial charge in [0.2, 0.25) is 10.0 Å². The molecule has 0 amide bonds. The molecule has 3 rings (SSSR count). The Morgan fingerprint density at radius 2 is 1.64 bits per heavy atom. The molecule has 0 unspecified atom stereocenters. The normalized spacial score (nSPS) is 16.3. The first kappa shape index (κ1) is 15.3. The average molecular weight is 334 g/mol. The summed E-state index contributed by atoms with van der Waals surface area (Å²) in [4.78, 5) is 0.346. The highest BCUT2D eigenvalue weighted by molar-refractivity contribution is 7.89. The lowest BCUT2D eigenvalue weighted by molar-refractivity contribution is 0.441. The molecule has 0 saturated carbocycles. The minimum absolute atomic E-state index is 0.346. The number of sulfonamides is 1. The summed E-state index contributed by atoms with van der Waals surface area (Å²) in [5.74, 6) is 0. The van der Waals surface area contributed by atoms with Crippen LogP contribution in [0.4, 0.5) is 0 Å². The Balaban J connectivity index is 1.80. The van der Waals surface area contributed by atoms with Crippen molar-refractivity contribution >= 4 is 27.2 Å². The molecule has 0 aliphatic carbocycles. The number of rotatable bonds is 3. The van der Waals surface area contributed by atoms with Gasteiger partial charge < -0.3 is 0 Å². The lowest BCUT2D eigenvalue weighted by Crippen LogP contribution is -2.34. The number of benzene rings is 2. The minimum atomic E-state index is -3.41. The van der Waals surface area contributed by atoms with E-state index in [1.54, 1.807) is 24.3 Å². The number of hydrogen-bond donors (Lipinski definition) is 0. The third-order valence-corrected chi connectivity index (χ3v) is 5.90. The van der Waals surface area contributed by atoms with Gasteiger partial charge in [-0.15, -0.1) is 0 Å². The van der Waals surface area contributed by atoms with Gasteiger partial charge in [-0.05, 0) is 41.8 Å². The molecule has 0 N–H and O–H groups in total. The molecule has 22 heavy (non-hydrogen) atoms. The molecule has 1 aliphatic rings. The summed E-state index contributed by atoms with van der Waals surface area (Å²) in [6.45, 7) is 0.890. The van der Waals surface area contributed by atoms with Crippen LogP contribution in [0, 0.1) is 0 Å². The number of halogens is 1. The van der Waals surface area contributed by atoms with Gasteiger partial charge in [0, 0.05) is 18.1 Å². The van der Waals surface area contributed by atoms with Crippen molar-refractivity contribution in [1.82, 2.24) is 4.31 Å². The maximum Gasteiger partial charge on any atom is 0.243 e. The molecular weight excluding hydrogens is 318 g/mol. The zero-order valence-electron chi connectivity index (χ0n) is 11.9. The van der Waals surface area contributed by atoms with Crippen LogP contribution >= 0.6 is 11.6 Å². The van der Waals surface area contributed by atoms with Crippen molar-refractivity contribution in [1.29, 1.82) is 0 Å². The van der Waals surface area contributed by atoms with E-state index in [1.807, 2.05) is 36.4 Å². The molecule has 114 valence electrons. The van der Waals surface area contributed by atoms with Crippen molar-refractivity contribution in [3.05, 3.63) is 71.3 Å². The fraction of sp³-hybridized carbons (Fsp3) is 0.176. The summed E-state index contributed by atoms with van der Waals surface area (Å²) >= 11 is 5.89. The molecule has 2 aromatic rings. The predicted molar refractivity (Wildman–Crippen MR) is 89.2 cm³/mol. The average Bonchev–Trinajstić information content (AvgIpc) is 2.56. The summed E-state index contributed by atoms with van der Waals surface area (Å²) in [6, 6.07) is 16.2. The Kier molecular flexibility index (Phi) is 4.34. The van der Waals surface area contributed by atoms with Crippen molar-refractivity contribution in [3.63, 3.8) is 0 Å². The van der Waals surface area contributed by atoms with E-state index in [4.69, 9.17) is 11.6 Å². The third kappa shape index (κ3) is 3.09. The fourth-order valence-corrected chi connectivity index (χ4v) is 4.06. The molecule has 0 radical (unpaired) electrons. The first-order chi connectivity index (χ1) is 10.6. The zero-order chi connectivity index (χ0) is 15.6. The Bertz CT molecular complexity index is 783. The van der Waals surface area contributed by atoms with Crippen molar-refractivity contribution in [3.8, 4) is 0 Å². The Labute approximate surface area is 135 Å². The minimum Gasteiger partial charge on any atom is -0.207 e. The SMILES string of the molecule is O=S(=O)(c1ccccc1)N1CC=C(c2ccc(Cl)cc2)CC1. The molecule has 3 nitrogen and oxygen atoms in total. The second kappa shape index (κ2) is 6.24. The molecule has 0 aromatic heterocycles. The van der Waals surface area contributed by atoms with Crippen LogP contribution in [0.25, 0.3) is 5.57 Å². The van der Waals surface area contributed by atoms with Crippen molar-refractivity contribution in [2.45, 2.75) is 11.3 Å². The predicted octanol–water partition coefficient (Wildman–Crippen LogP) is 3.82. The van der Waals surface area contributed by atoms with Crippen LogP contribution in [0.2, 0.25) is 5.02 Å². The van der Waals surface area contributed by atoms with E-state index in [9.17, 15) is 8.42 Å². The zero-order valence-corrected chi connectivity index (χ0v) is 13.5. The van der Waals surface area contributed by atoms with Crippen LogP contribution in [0.1, 0.15) is 12.0 Å². The molecular formula is C17H16ClNO2S. The van der Waals surface area contributed by atoms with Gasteiger partial charge >= 0.3 is 0 Å². The first-order valence-electron chi connectivity index (χ1n) is 7.07. The smallest absolute Gasteiger partial charge is 0.207 e. The van der Waals surface area contributed by atoms with Crippen LogP contribution in [0.3, 0.4) is 0 Å². The standard InChI is InChI=1S/C17H16ClNO2S/c18-16-8-6-14(7-9-16)15-10-12-19(13-11-15)22(20,21)17-4-2-1-3-5-17/h1-10H,11-13H2. The molecule has 0 saturated heterocycles. The van der Waals surface area contributed by atoms with Gasteiger partial charge in [0.05, 0.1) is 4.90 Å². The molecule has 0 bridgehead atoms. The van der Waals surface area contributed by atoms with E-state index in [0.717, 1.165) is 11.1 Å². The highest BCUT2D eigenvalue weighted by Crippen LogP contribution is 2.26. The van der Waals surface area contributed by atoms with Crippen molar-refractivity contribution in [2.24, 2.45) is 0 Å². The summed E-state index contributed by atoms with van der Waals surface area (Å²) in [6.07, 6.45) is 2.68. The molecule has 0 spiro atoms. The van der Waals surface area contributed by atoms with Crippen molar-refractivity contribution < 1.29 is 8.42 Å². The van der Waals surface area contributed by atoms with Gasteiger partial charge in [-0.2, -0.15) is 4.31 Å². The number of hydrogen-bond acceptors (Lipinski definition) is 2. The highest BCUT2D eigenvalue weighted by Gasteiger charge is 2.25. The van der Waals surface area contributed by atoms with Gasteiger partial charge in [0.1, 0.15) is 0 Å². The van der Waals surface area contributed by atoms with E-state index in [2.05, 4.69) is 0 Å². The lowest BCUT2D eigenvalue weighted by atomic mass is 10.0. The molecule has 5 heteroatoms. The summed E-state index contributed by atoms with van der Waals surface area (Å²) < 4.78 is 26.6. The maximum atomic E-state index is 12.6. The van der Waals surface area contributed by atoms with Crippen LogP contribution in [0.5, 0.6) is 0 Å². The monoisotopic (exact) mass is 333 g/mol. The second-order valence-electron chi connectivity index (χ2n) is 5.16. The van der Waals surface area contributed by atoms with Crippen LogP contribution < -0.4 is 0 Å². The molecule has 0 atom stereocenters. The van der Waals surface area contributed by atoms with E-state index >= 15 is 0 Å². The van der Waals surface area contributed by atoms with Gasteiger partial charge in [-0.25, -0.2) is 8.42 Å². The number of nitrogens with zero attached hydrogens (tertiary/aromatic N) is 1. The summed E-state index contributed by atoms with van der Waals surface area (Å²) in [7, 11) is -3.41. The lowest BCUT2D eigenvalue weighted by Gasteiger charge is -2.26. The van der Waals surface area contributed by atoms with Gasteiger partial charge in [-0.3, -0.25) is 0 Å². The largest absolute Gasteiger partial charge is 0.243 e. The molecule has 1 heterocycles. The van der Waals surface area contributed by atoms with Crippen molar-refractivity contribution in [2.75, 3.05) is 13.1 Å². The van der Waals surface area contributed by atoms with E-state index in [1.165, 1.54) is 4.31 Å². The van der Waals surface area contributed by atoms with E-state index in [-0.39, 0.29) is 0 Å². The maximum absolute atomic E-state index is 12.6. The quantitative estimate of drug-likeness (QED) is 0.856. The van der Waals surface area contributed by atoms with Gasteiger partial charge in [0.15, 0.2) is 0 Å². The van der Waals surface area contributed by atoms with Gasteiger partial charge in [0.25, 0.3) is 0 Å². The van der Waals surface area contributed by atoms with E-state index < -0.39 is 10.0 Å². The fourth-order valence-electron chi connectivity index (χ4n) is 2.54. The summed E-state index contributed by atoms with van der Waals surface area (Å²) in [5.41, 5.74) is 2.26. The topological polar surface area (TPSA) is 37.4 Å². The summed E-state index contributed by atoms with van der Waals surface area (Å²) in [5, 5.41) is 0.702.